The predicted molar refractivity (Wildman–Crippen MR) is 170 cm³/mol. The number of nitrogens with zero attached hydrogens (tertiary/aromatic N) is 1. The first kappa shape index (κ1) is 31.4. The van der Waals surface area contributed by atoms with Crippen LogP contribution in [0.2, 0.25) is 0 Å². The number of ether oxygens (including phenoxy) is 1. The lowest BCUT2D eigenvalue weighted by atomic mass is 9.63. The van der Waals surface area contributed by atoms with E-state index in [0.717, 1.165) is 48.3 Å². The van der Waals surface area contributed by atoms with Gasteiger partial charge >= 0.3 is 5.97 Å². The number of esters is 1. The summed E-state index contributed by atoms with van der Waals surface area (Å²) in [7, 11) is 0. The maximum Gasteiger partial charge on any atom is 0.306 e. The van der Waals surface area contributed by atoms with E-state index >= 15 is 0 Å². The van der Waals surface area contributed by atoms with Crippen molar-refractivity contribution in [3.05, 3.63) is 63.7 Å². The lowest BCUT2D eigenvalue weighted by Crippen LogP contribution is -2.33. The summed E-state index contributed by atoms with van der Waals surface area (Å²) in [5.74, 6) is 1.03. The lowest BCUT2D eigenvalue weighted by molar-refractivity contribution is -0.148. The van der Waals surface area contributed by atoms with Gasteiger partial charge in [0, 0.05) is 23.9 Å². The Kier molecular flexibility index (Phi) is 9.96. The van der Waals surface area contributed by atoms with Gasteiger partial charge in [0.25, 0.3) is 0 Å². The smallest absolute Gasteiger partial charge is 0.306 e. The minimum Gasteiger partial charge on any atom is -0.457 e. The van der Waals surface area contributed by atoms with E-state index in [1.165, 1.54) is 49.0 Å². The molecular weight excluding hydrogens is 542 g/mol. The van der Waals surface area contributed by atoms with E-state index < -0.39 is 12.2 Å². The summed E-state index contributed by atoms with van der Waals surface area (Å²) in [5, 5.41) is 21.6. The Morgan fingerprint density at radius 1 is 1.24 bits per heavy atom. The van der Waals surface area contributed by atoms with E-state index in [4.69, 9.17) is 9.72 Å². The van der Waals surface area contributed by atoms with Crippen LogP contribution in [-0.2, 0) is 21.4 Å². The van der Waals surface area contributed by atoms with Gasteiger partial charge in [-0.05, 0) is 105 Å². The zero-order valence-electron chi connectivity index (χ0n) is 25.9. The van der Waals surface area contributed by atoms with Crippen molar-refractivity contribution in [2.75, 3.05) is 0 Å². The van der Waals surface area contributed by atoms with Crippen molar-refractivity contribution in [3.63, 3.8) is 0 Å². The molecule has 0 saturated heterocycles. The van der Waals surface area contributed by atoms with Gasteiger partial charge in [0.15, 0.2) is 0 Å². The quantitative estimate of drug-likeness (QED) is 0.201. The number of unbranched alkanes of at least 4 members (excludes halogenated alkanes) is 1. The minimum atomic E-state index is -0.647. The van der Waals surface area contributed by atoms with Crippen molar-refractivity contribution in [2.24, 2.45) is 17.3 Å². The Bertz CT molecular complexity index is 1220. The molecule has 4 aliphatic carbocycles. The first-order chi connectivity index (χ1) is 20.2. The molecule has 0 aromatic carbocycles. The van der Waals surface area contributed by atoms with Gasteiger partial charge in [0.1, 0.15) is 11.1 Å². The molecule has 1 heterocycles. The number of fused-ring (bicyclic) bond motifs is 1. The maximum atomic E-state index is 12.5. The van der Waals surface area contributed by atoms with Gasteiger partial charge in [-0.3, -0.25) is 4.79 Å². The first-order valence-corrected chi connectivity index (χ1v) is 17.3. The number of thiazole rings is 1. The topological polar surface area (TPSA) is 79.7 Å². The average molecular weight is 594 g/mol. The second-order valence-electron chi connectivity index (χ2n) is 13.6. The molecule has 0 amide bonds. The molecule has 230 valence electrons. The second kappa shape index (κ2) is 13.3. The summed E-state index contributed by atoms with van der Waals surface area (Å²) >= 11 is 1.81. The zero-order chi connectivity index (χ0) is 29.9. The van der Waals surface area contributed by atoms with Crippen LogP contribution in [0.4, 0.5) is 0 Å². The van der Waals surface area contributed by atoms with Crippen LogP contribution < -0.4 is 0 Å². The molecule has 0 spiro atoms. The van der Waals surface area contributed by atoms with Gasteiger partial charge in [-0.1, -0.05) is 57.6 Å². The van der Waals surface area contributed by atoms with Crippen molar-refractivity contribution >= 4 is 17.3 Å². The molecule has 1 aromatic heterocycles. The third-order valence-corrected chi connectivity index (χ3v) is 12.1. The highest BCUT2D eigenvalue weighted by Crippen LogP contribution is 2.59. The van der Waals surface area contributed by atoms with E-state index in [-0.39, 0.29) is 22.9 Å². The van der Waals surface area contributed by atoms with Gasteiger partial charge in [-0.15, -0.1) is 11.3 Å². The summed E-state index contributed by atoms with van der Waals surface area (Å²) in [6, 6.07) is 0. The Morgan fingerprint density at radius 2 is 2.05 bits per heavy atom. The molecule has 6 atom stereocenters. The molecule has 42 heavy (non-hydrogen) atoms. The SMILES string of the molecule is C=C1/C(=C\C=C2/CCCC3(C)C(C/C=C/C(OC(=O)CC)C4(c5ncc(CCCC)s5)CC4)CCC23)CC(O)CC1O. The maximum absolute atomic E-state index is 12.5. The average Bonchev–Trinajstić information content (AvgIpc) is 3.51. The van der Waals surface area contributed by atoms with Crippen LogP contribution in [0.1, 0.15) is 114 Å². The van der Waals surface area contributed by atoms with E-state index in [1.54, 1.807) is 0 Å². The van der Waals surface area contributed by atoms with Crippen molar-refractivity contribution in [2.45, 2.75) is 134 Å². The normalized spacial score (nSPS) is 33.3. The van der Waals surface area contributed by atoms with Gasteiger partial charge in [-0.2, -0.15) is 0 Å². The number of carbonyl (C=O) groups excluding carboxylic acids is 1. The number of aromatic nitrogens is 1. The molecule has 4 saturated carbocycles. The van der Waals surface area contributed by atoms with Crippen LogP contribution >= 0.6 is 11.3 Å². The molecular formula is C36H51NO4S. The summed E-state index contributed by atoms with van der Waals surface area (Å²) < 4.78 is 6.08. The van der Waals surface area contributed by atoms with Crippen LogP contribution in [0.5, 0.6) is 0 Å². The first-order valence-electron chi connectivity index (χ1n) is 16.5. The fourth-order valence-electron chi connectivity index (χ4n) is 7.88. The molecule has 6 heteroatoms. The molecule has 4 aliphatic rings. The highest BCUT2D eigenvalue weighted by molar-refractivity contribution is 7.11. The Balaban J connectivity index is 1.28. The Labute approximate surface area is 256 Å². The van der Waals surface area contributed by atoms with E-state index in [0.29, 0.717) is 31.1 Å². The molecule has 6 unspecified atom stereocenters. The third kappa shape index (κ3) is 6.56. The molecule has 0 radical (unpaired) electrons. The fraction of sp³-hybridized carbons (Fsp3) is 0.667. The number of carbonyl (C=O) groups is 1. The molecule has 2 N–H and O–H groups in total. The molecule has 4 fully saturated rings. The summed E-state index contributed by atoms with van der Waals surface area (Å²) in [6.07, 6.45) is 23.3. The summed E-state index contributed by atoms with van der Waals surface area (Å²) in [6.45, 7) is 10.7. The number of allylic oxidation sites excluding steroid dienone is 4. The zero-order valence-corrected chi connectivity index (χ0v) is 26.8. The Hall–Kier alpha value is -2.02. The number of rotatable bonds is 11. The minimum absolute atomic E-state index is 0.136. The lowest BCUT2D eigenvalue weighted by Gasteiger charge is -2.42. The third-order valence-electron chi connectivity index (χ3n) is 10.8. The summed E-state index contributed by atoms with van der Waals surface area (Å²) in [5.41, 5.74) is 3.35. The number of hydrogen-bond acceptors (Lipinski definition) is 6. The van der Waals surface area contributed by atoms with Crippen LogP contribution in [0.25, 0.3) is 0 Å². The van der Waals surface area contributed by atoms with Gasteiger partial charge < -0.3 is 14.9 Å². The number of aryl methyl sites for hydroxylation is 1. The van der Waals surface area contributed by atoms with E-state index in [1.807, 2.05) is 24.5 Å². The van der Waals surface area contributed by atoms with Gasteiger partial charge in [-0.25, -0.2) is 4.98 Å². The van der Waals surface area contributed by atoms with Crippen LogP contribution in [-0.4, -0.2) is 39.5 Å². The molecule has 0 bridgehead atoms. The van der Waals surface area contributed by atoms with Gasteiger partial charge in [0.05, 0.1) is 17.6 Å². The number of hydrogen-bond donors (Lipinski definition) is 2. The van der Waals surface area contributed by atoms with E-state index in [9.17, 15) is 15.0 Å². The molecule has 0 aliphatic heterocycles. The van der Waals surface area contributed by atoms with E-state index in [2.05, 4.69) is 44.7 Å². The standard InChI is InChI=1S/C36H51NO4S/c1-5-7-12-29-23-37-34(42-29)36(19-20-36)32(41-33(40)6-2)13-8-11-27-16-17-30-25(10-9-18-35(27,30)4)14-15-26-21-28(38)22-31(39)24(26)3/h8,13-15,23,27-28,30-32,38-39H,3,5-7,9-12,16-22H2,1-2,4H3/b13-8+,25-14+,26-15-. The Morgan fingerprint density at radius 3 is 2.79 bits per heavy atom. The second-order valence-corrected chi connectivity index (χ2v) is 14.7. The molecule has 1 aromatic rings. The van der Waals surface area contributed by atoms with Crippen LogP contribution in [0, 0.1) is 17.3 Å². The largest absolute Gasteiger partial charge is 0.457 e. The summed E-state index contributed by atoms with van der Waals surface area (Å²) in [4.78, 5) is 18.7. The van der Waals surface area contributed by atoms with Crippen molar-refractivity contribution in [3.8, 4) is 0 Å². The predicted octanol–water partition coefficient (Wildman–Crippen LogP) is 7.93. The molecule has 5 rings (SSSR count). The number of aliphatic hydroxyl groups excluding tert-OH is 2. The monoisotopic (exact) mass is 593 g/mol. The van der Waals surface area contributed by atoms with Crippen molar-refractivity contribution in [1.82, 2.24) is 4.98 Å². The van der Waals surface area contributed by atoms with Crippen molar-refractivity contribution < 1.29 is 19.7 Å². The van der Waals surface area contributed by atoms with Gasteiger partial charge in [0.2, 0.25) is 0 Å². The van der Waals surface area contributed by atoms with Crippen LogP contribution in [0.15, 0.2) is 53.8 Å². The number of aliphatic hydroxyl groups is 2. The van der Waals surface area contributed by atoms with Crippen molar-refractivity contribution in [1.29, 1.82) is 0 Å². The fourth-order valence-corrected chi connectivity index (χ4v) is 9.11. The highest BCUT2D eigenvalue weighted by Gasteiger charge is 2.54. The van der Waals surface area contributed by atoms with Crippen LogP contribution in [0.3, 0.4) is 0 Å². The molecule has 5 nitrogen and oxygen atoms in total. The highest BCUT2D eigenvalue weighted by atomic mass is 32.1.